The van der Waals surface area contributed by atoms with Crippen molar-refractivity contribution in [1.29, 1.82) is 0 Å². The Kier molecular flexibility index (Phi) is 15.8. The topological polar surface area (TPSA) is 347 Å². The number of fused-ring (bicyclic) bond motifs is 3. The van der Waals surface area contributed by atoms with Crippen LogP contribution in [0.3, 0.4) is 0 Å². The zero-order valence-electron chi connectivity index (χ0n) is 38.0. The van der Waals surface area contributed by atoms with E-state index in [1.165, 1.54) is 54.9 Å². The number of anilines is 1. The Morgan fingerprint density at radius 2 is 1.18 bits per heavy atom. The van der Waals surface area contributed by atoms with Crippen LogP contribution in [-0.4, -0.2) is 82.5 Å². The molecule has 7 aromatic rings. The van der Waals surface area contributed by atoms with Crippen molar-refractivity contribution in [3.63, 3.8) is 0 Å². The van der Waals surface area contributed by atoms with E-state index >= 15 is 0 Å². The SMILES string of the molecule is C=CC(=O)OCCOc1ccc(N=CNc2ccc(N=Nc3ccc(N=Nc4c(S(=O)(=O)O)cc5cc(S(=O)(=O)O)c(CCCCC)cc5c4O)c4cc(S(=O)(=O)O)ccc34)c3cc(S(=O)(=O)O)ccc23)cc1. The molecule has 0 saturated carbocycles. The predicted octanol–water partition coefficient (Wildman–Crippen LogP) is 10.3. The minimum absolute atomic E-state index is 0.0255. The van der Waals surface area contributed by atoms with Crippen molar-refractivity contribution in [2.45, 2.75) is 52.2 Å². The normalized spacial score (nSPS) is 12.7. The molecule has 0 bridgehead atoms. The maximum atomic E-state index is 12.7. The first kappa shape index (κ1) is 53.2. The fourth-order valence-electron chi connectivity index (χ4n) is 7.41. The second-order valence-electron chi connectivity index (χ2n) is 15.8. The highest BCUT2D eigenvalue weighted by Crippen LogP contribution is 2.44. The van der Waals surface area contributed by atoms with Gasteiger partial charge in [0.05, 0.1) is 43.8 Å². The van der Waals surface area contributed by atoms with Gasteiger partial charge in [0.2, 0.25) is 0 Å². The quantitative estimate of drug-likeness (QED) is 0.00785. The van der Waals surface area contributed by atoms with Crippen LogP contribution >= 0.6 is 0 Å². The molecule has 22 nitrogen and oxygen atoms in total. The first-order valence-corrected chi connectivity index (χ1v) is 27.2. The van der Waals surface area contributed by atoms with Gasteiger partial charge in [0.15, 0.2) is 5.75 Å². The Morgan fingerprint density at radius 3 is 1.77 bits per heavy atom. The lowest BCUT2D eigenvalue weighted by Crippen LogP contribution is -2.09. The molecule has 380 valence electrons. The van der Waals surface area contributed by atoms with Gasteiger partial charge in [-0.15, -0.1) is 20.5 Å². The average molecular weight is 1080 g/mol. The molecule has 0 saturated heterocycles. The van der Waals surface area contributed by atoms with Gasteiger partial charge in [-0.2, -0.15) is 33.7 Å². The molecule has 0 heterocycles. The molecule has 73 heavy (non-hydrogen) atoms. The molecule has 0 aliphatic carbocycles. The number of aryl methyl sites for hydroxylation is 1. The highest BCUT2D eigenvalue weighted by Gasteiger charge is 2.26. The average Bonchev–Trinajstić information content (AvgIpc) is 3.33. The second kappa shape index (κ2) is 21.7. The number of unbranched alkanes of at least 4 members (excludes halogenated alkanes) is 2. The lowest BCUT2D eigenvalue weighted by Gasteiger charge is -2.13. The van der Waals surface area contributed by atoms with Gasteiger partial charge in [-0.1, -0.05) is 38.5 Å². The number of ether oxygens (including phenoxy) is 2. The lowest BCUT2D eigenvalue weighted by molar-refractivity contribution is -0.138. The predicted molar refractivity (Wildman–Crippen MR) is 269 cm³/mol. The molecule has 0 fully saturated rings. The number of carbonyl (C=O) groups excluding carboxylic acids is 1. The van der Waals surface area contributed by atoms with Crippen LogP contribution in [0.2, 0.25) is 0 Å². The third-order valence-corrected chi connectivity index (χ3v) is 14.4. The van der Waals surface area contributed by atoms with Crippen molar-refractivity contribution in [3.8, 4) is 11.5 Å². The fourth-order valence-corrected chi connectivity index (χ4v) is 9.85. The van der Waals surface area contributed by atoms with E-state index < -0.39 is 77.5 Å². The molecule has 0 spiro atoms. The maximum Gasteiger partial charge on any atom is 0.330 e. The van der Waals surface area contributed by atoms with E-state index in [0.717, 1.165) is 36.8 Å². The van der Waals surface area contributed by atoms with Gasteiger partial charge in [-0.25, -0.2) is 9.79 Å². The van der Waals surface area contributed by atoms with Gasteiger partial charge < -0.3 is 19.9 Å². The summed E-state index contributed by atoms with van der Waals surface area (Å²) in [5.41, 5.74) is 0.215. The van der Waals surface area contributed by atoms with Gasteiger partial charge in [-0.05, 0) is 115 Å². The monoisotopic (exact) mass is 1070 g/mol. The van der Waals surface area contributed by atoms with E-state index in [1.807, 2.05) is 6.92 Å². The fraction of sp³-hybridized carbons (Fsp3) is 0.149. The van der Waals surface area contributed by atoms with Crippen LogP contribution < -0.4 is 10.1 Å². The van der Waals surface area contributed by atoms with Gasteiger partial charge >= 0.3 is 5.97 Å². The molecule has 0 atom stereocenters. The zero-order valence-corrected chi connectivity index (χ0v) is 41.3. The molecule has 7 aromatic carbocycles. The number of phenolic OH excluding ortho intramolecular Hbond substituents is 1. The van der Waals surface area contributed by atoms with E-state index in [4.69, 9.17) is 9.47 Å². The van der Waals surface area contributed by atoms with Crippen LogP contribution in [0, 0.1) is 0 Å². The zero-order chi connectivity index (χ0) is 52.9. The van der Waals surface area contributed by atoms with E-state index in [-0.39, 0.29) is 69.2 Å². The number of benzene rings is 7. The molecular weight excluding hydrogens is 1030 g/mol. The molecule has 0 aromatic heterocycles. The van der Waals surface area contributed by atoms with Gasteiger partial charge in [0.1, 0.15) is 29.5 Å². The molecule has 7 rings (SSSR count). The summed E-state index contributed by atoms with van der Waals surface area (Å²) >= 11 is 0. The standard InChI is InChI=1S/C47H42N6O16S4/c1-3-5-6-7-28-22-36-29(23-43(28)72(62,63)64)24-44(73(65,66)67)46(47(36)55)53-52-42-19-18-40(35-15-13-33(26-38(35)42)71(59,60)61)50-51-41-17-16-39(34-14-12-32(25-37(34)41)70(56,57)58)49-27-48-30-8-10-31(11-9-30)68-20-21-69-45(54)4-2/h4,8-19,22-27,55H,2-3,5-7,20-21H2,1H3,(H,48,49)(H,56,57,58)(H,59,60,61)(H,62,63,64)(H,65,66,67). The molecular formula is C47H42N6O16S4. The number of carbonyl (C=O) groups is 1. The number of hydrogen-bond donors (Lipinski definition) is 6. The van der Waals surface area contributed by atoms with Crippen LogP contribution in [0.5, 0.6) is 11.5 Å². The number of nitrogens with one attached hydrogen (secondary N) is 1. The Balaban J connectivity index is 1.26. The number of esters is 1. The molecule has 0 amide bonds. The summed E-state index contributed by atoms with van der Waals surface area (Å²) in [7, 11) is -19.6. The summed E-state index contributed by atoms with van der Waals surface area (Å²) in [6.07, 6.45) is 4.53. The summed E-state index contributed by atoms with van der Waals surface area (Å²) < 4.78 is 150. The van der Waals surface area contributed by atoms with Crippen molar-refractivity contribution in [2.75, 3.05) is 18.5 Å². The largest absolute Gasteiger partial charge is 0.505 e. The molecule has 6 N–H and O–H groups in total. The minimum atomic E-state index is -5.23. The van der Waals surface area contributed by atoms with Crippen molar-refractivity contribution in [3.05, 3.63) is 121 Å². The number of nitrogens with zero attached hydrogens (tertiary/aromatic N) is 5. The summed E-state index contributed by atoms with van der Waals surface area (Å²) in [6, 6.07) is 22.4. The van der Waals surface area contributed by atoms with E-state index in [9.17, 15) is 61.8 Å². The number of hydrogen-bond acceptors (Lipinski definition) is 17. The number of aromatic hydroxyl groups is 1. The minimum Gasteiger partial charge on any atom is -0.505 e. The van der Waals surface area contributed by atoms with Crippen LogP contribution in [0.1, 0.15) is 31.7 Å². The number of aliphatic imine (C=N–C) groups is 1. The first-order chi connectivity index (χ1) is 34.5. The van der Waals surface area contributed by atoms with Crippen LogP contribution in [0.4, 0.5) is 34.1 Å². The Bertz CT molecular complexity index is 3910. The third kappa shape index (κ3) is 12.7. The number of phenols is 1. The number of azo groups is 2. The van der Waals surface area contributed by atoms with Gasteiger partial charge in [0.25, 0.3) is 40.5 Å². The highest BCUT2D eigenvalue weighted by atomic mass is 32.2. The first-order valence-electron chi connectivity index (χ1n) is 21.5. The summed E-state index contributed by atoms with van der Waals surface area (Å²) in [4.78, 5) is 13.0. The van der Waals surface area contributed by atoms with E-state index in [2.05, 4.69) is 37.3 Å². The van der Waals surface area contributed by atoms with E-state index in [0.29, 0.717) is 35.4 Å². The Morgan fingerprint density at radius 1 is 0.616 bits per heavy atom. The Hall–Kier alpha value is -7.56. The summed E-state index contributed by atoms with van der Waals surface area (Å²) in [5.74, 6) is -0.925. The smallest absolute Gasteiger partial charge is 0.330 e. The Labute approximate surface area is 417 Å². The van der Waals surface area contributed by atoms with Gasteiger partial charge in [0, 0.05) is 38.7 Å². The van der Waals surface area contributed by atoms with Crippen LogP contribution in [0.25, 0.3) is 32.3 Å². The highest BCUT2D eigenvalue weighted by molar-refractivity contribution is 7.86. The summed E-state index contributed by atoms with van der Waals surface area (Å²) in [5, 5.41) is 31.7. The maximum absolute atomic E-state index is 12.7. The third-order valence-electron chi connectivity index (χ3n) is 10.9. The lowest BCUT2D eigenvalue weighted by atomic mass is 10.0. The van der Waals surface area contributed by atoms with Crippen molar-refractivity contribution >= 4 is 119 Å². The summed E-state index contributed by atoms with van der Waals surface area (Å²) in [6.45, 7) is 5.38. The van der Waals surface area contributed by atoms with Crippen LogP contribution in [-0.2, 0) is 56.4 Å². The number of rotatable bonds is 20. The molecule has 0 aliphatic heterocycles. The van der Waals surface area contributed by atoms with Crippen molar-refractivity contribution in [1.82, 2.24) is 0 Å². The van der Waals surface area contributed by atoms with E-state index in [1.54, 1.807) is 30.3 Å². The van der Waals surface area contributed by atoms with Crippen LogP contribution in [0.15, 0.2) is 161 Å². The van der Waals surface area contributed by atoms with Crippen molar-refractivity contribution in [2.24, 2.45) is 25.4 Å². The van der Waals surface area contributed by atoms with Crippen molar-refractivity contribution < 1.29 is 71.3 Å². The molecule has 0 unspecified atom stereocenters. The van der Waals surface area contributed by atoms with Gasteiger partial charge in [-0.3, -0.25) is 18.2 Å². The molecule has 0 radical (unpaired) electrons. The molecule has 26 heteroatoms. The molecule has 0 aliphatic rings. The second-order valence-corrected chi connectivity index (χ2v) is 21.4.